The summed E-state index contributed by atoms with van der Waals surface area (Å²) in [6.45, 7) is 8.94. The summed E-state index contributed by atoms with van der Waals surface area (Å²) in [5, 5.41) is 7.82. The number of morpholine rings is 1. The first-order valence-electron chi connectivity index (χ1n) is 15.6. The van der Waals surface area contributed by atoms with Crippen molar-refractivity contribution in [3.8, 4) is 5.75 Å². The van der Waals surface area contributed by atoms with E-state index >= 15 is 0 Å². The second kappa shape index (κ2) is 13.6. The first kappa shape index (κ1) is 28.6. The van der Waals surface area contributed by atoms with Crippen LogP contribution < -0.4 is 15.4 Å². The number of carbonyl (C=O) groups excluding carboxylic acids is 1. The molecule has 6 rings (SSSR count). The predicted molar refractivity (Wildman–Crippen MR) is 164 cm³/mol. The topological polar surface area (TPSA) is 105 Å². The summed E-state index contributed by atoms with van der Waals surface area (Å²) in [7, 11) is 0. The lowest BCUT2D eigenvalue weighted by molar-refractivity contribution is -0.134. The second-order valence-corrected chi connectivity index (χ2v) is 11.8. The van der Waals surface area contributed by atoms with Gasteiger partial charge in [-0.3, -0.25) is 9.69 Å². The molecule has 10 nitrogen and oxygen atoms in total. The van der Waals surface area contributed by atoms with Gasteiger partial charge in [-0.25, -0.2) is 15.0 Å². The lowest BCUT2D eigenvalue weighted by Gasteiger charge is -2.33. The molecule has 3 fully saturated rings. The second-order valence-electron chi connectivity index (χ2n) is 11.8. The van der Waals surface area contributed by atoms with Gasteiger partial charge in [0, 0.05) is 69.6 Å². The van der Waals surface area contributed by atoms with Crippen LogP contribution in [0.25, 0.3) is 10.9 Å². The normalized spacial score (nSPS) is 18.8. The van der Waals surface area contributed by atoms with Crippen molar-refractivity contribution in [2.45, 2.75) is 58.0 Å². The summed E-state index contributed by atoms with van der Waals surface area (Å²) >= 11 is 0. The quantitative estimate of drug-likeness (QED) is 0.355. The van der Waals surface area contributed by atoms with Crippen LogP contribution in [-0.2, 0) is 9.53 Å². The van der Waals surface area contributed by atoms with Crippen LogP contribution in [0, 0.1) is 12.8 Å². The van der Waals surface area contributed by atoms with Gasteiger partial charge < -0.3 is 25.0 Å². The molecule has 2 saturated heterocycles. The predicted octanol–water partition coefficient (Wildman–Crippen LogP) is 4.77. The maximum atomic E-state index is 12.7. The number of pyridine rings is 1. The van der Waals surface area contributed by atoms with Crippen LogP contribution >= 0.6 is 0 Å². The molecule has 1 aromatic carbocycles. The molecule has 10 heteroatoms. The van der Waals surface area contributed by atoms with E-state index in [-0.39, 0.29) is 6.10 Å². The third-order valence-electron chi connectivity index (χ3n) is 8.82. The van der Waals surface area contributed by atoms with Crippen molar-refractivity contribution in [2.75, 3.05) is 63.1 Å². The first-order valence-corrected chi connectivity index (χ1v) is 15.6. The smallest absolute Gasteiger partial charge is 0.222 e. The molecule has 3 aromatic rings. The Balaban J connectivity index is 1.03. The van der Waals surface area contributed by atoms with Crippen LogP contribution in [0.4, 0.5) is 17.3 Å². The van der Waals surface area contributed by atoms with Gasteiger partial charge in [-0.15, -0.1) is 0 Å². The third kappa shape index (κ3) is 7.28. The highest BCUT2D eigenvalue weighted by Crippen LogP contribution is 2.31. The minimum Gasteiger partial charge on any atom is -0.490 e. The number of carbonyl (C=O) groups is 1. The monoisotopic (exact) mass is 573 g/mol. The summed E-state index contributed by atoms with van der Waals surface area (Å²) in [4.78, 5) is 30.7. The molecule has 1 saturated carbocycles. The van der Waals surface area contributed by atoms with Crippen LogP contribution in [0.5, 0.6) is 5.75 Å². The minimum atomic E-state index is 0.130. The third-order valence-corrected chi connectivity index (χ3v) is 8.82. The summed E-state index contributed by atoms with van der Waals surface area (Å²) in [5.74, 6) is 3.36. The molecule has 0 spiro atoms. The number of piperidine rings is 1. The van der Waals surface area contributed by atoms with E-state index in [4.69, 9.17) is 9.47 Å². The minimum absolute atomic E-state index is 0.130. The Kier molecular flexibility index (Phi) is 9.30. The lowest BCUT2D eigenvalue weighted by atomic mass is 10.0. The molecule has 2 aromatic heterocycles. The van der Waals surface area contributed by atoms with Gasteiger partial charge in [0.15, 0.2) is 0 Å². The Morgan fingerprint density at radius 2 is 1.83 bits per heavy atom. The Morgan fingerprint density at radius 1 is 1.02 bits per heavy atom. The van der Waals surface area contributed by atoms with E-state index in [0.717, 1.165) is 111 Å². The van der Waals surface area contributed by atoms with E-state index in [1.807, 2.05) is 23.1 Å². The zero-order valence-electron chi connectivity index (χ0n) is 24.7. The average Bonchev–Trinajstić information content (AvgIpc) is 3.53. The molecule has 0 radical (unpaired) electrons. The van der Waals surface area contributed by atoms with E-state index in [1.165, 1.54) is 25.7 Å². The van der Waals surface area contributed by atoms with Gasteiger partial charge in [-0.2, -0.15) is 0 Å². The maximum absolute atomic E-state index is 12.7. The van der Waals surface area contributed by atoms with E-state index in [2.05, 4.69) is 43.5 Å². The molecule has 0 atom stereocenters. The van der Waals surface area contributed by atoms with Crippen molar-refractivity contribution in [1.82, 2.24) is 24.8 Å². The number of nitrogens with zero attached hydrogens (tertiary/aromatic N) is 5. The largest absolute Gasteiger partial charge is 0.490 e. The van der Waals surface area contributed by atoms with Crippen LogP contribution in [0.3, 0.4) is 0 Å². The van der Waals surface area contributed by atoms with E-state index in [9.17, 15) is 4.79 Å². The van der Waals surface area contributed by atoms with Crippen molar-refractivity contribution in [3.05, 3.63) is 42.4 Å². The van der Waals surface area contributed by atoms with Crippen LogP contribution in [0.15, 0.2) is 36.8 Å². The van der Waals surface area contributed by atoms with Gasteiger partial charge in [-0.1, -0.05) is 12.8 Å². The highest BCUT2D eigenvalue weighted by molar-refractivity contribution is 5.91. The highest BCUT2D eigenvalue weighted by atomic mass is 16.5. The average molecular weight is 574 g/mol. The fourth-order valence-electron chi connectivity index (χ4n) is 6.31. The molecule has 4 heterocycles. The maximum Gasteiger partial charge on any atom is 0.222 e. The molecular weight excluding hydrogens is 530 g/mol. The number of amides is 1. The lowest BCUT2D eigenvalue weighted by Crippen LogP contribution is -2.42. The van der Waals surface area contributed by atoms with Crippen LogP contribution in [0.1, 0.15) is 50.5 Å². The number of hydrogen-bond donors (Lipinski definition) is 2. The number of rotatable bonds is 10. The highest BCUT2D eigenvalue weighted by Gasteiger charge is 2.27. The number of nitrogens with one attached hydrogen (secondary N) is 2. The van der Waals surface area contributed by atoms with Crippen molar-refractivity contribution in [1.29, 1.82) is 0 Å². The molecule has 224 valence electrons. The number of aromatic nitrogens is 3. The van der Waals surface area contributed by atoms with Crippen LogP contribution in [-0.4, -0.2) is 89.2 Å². The molecule has 1 amide bonds. The van der Waals surface area contributed by atoms with Crippen molar-refractivity contribution in [3.63, 3.8) is 0 Å². The molecular formula is C32H43N7O3. The van der Waals surface area contributed by atoms with Gasteiger partial charge in [-0.05, 0) is 55.5 Å². The van der Waals surface area contributed by atoms with Crippen molar-refractivity contribution in [2.24, 2.45) is 5.92 Å². The van der Waals surface area contributed by atoms with Gasteiger partial charge in [0.2, 0.25) is 5.91 Å². The standard InChI is InChI=1S/C32H43N7O3/c1-23-18-25(6-7-29(23)42-26-8-11-39(12-9-26)31(40)19-24-4-2-3-5-24)37-32-27-20-30(34-21-28(27)35-22-36-32)33-10-13-38-14-16-41-17-15-38/h6-7,18,20-22,24,26H,2-5,8-17,19H2,1H3,(H,33,34)(H,35,36,37). The first-order chi connectivity index (χ1) is 20.6. The van der Waals surface area contributed by atoms with Gasteiger partial charge >= 0.3 is 0 Å². The summed E-state index contributed by atoms with van der Waals surface area (Å²) in [6, 6.07) is 8.15. The summed E-state index contributed by atoms with van der Waals surface area (Å²) in [6.07, 6.45) is 10.9. The summed E-state index contributed by atoms with van der Waals surface area (Å²) < 4.78 is 11.8. The van der Waals surface area contributed by atoms with Crippen LogP contribution in [0.2, 0.25) is 0 Å². The number of fused-ring (bicyclic) bond motifs is 1. The van der Waals surface area contributed by atoms with E-state index in [1.54, 1.807) is 12.5 Å². The molecule has 0 bridgehead atoms. The Labute approximate surface area is 248 Å². The number of likely N-dealkylation sites (tertiary alicyclic amines) is 1. The van der Waals surface area contributed by atoms with Gasteiger partial charge in [0.1, 0.15) is 29.8 Å². The van der Waals surface area contributed by atoms with Gasteiger partial charge in [0.25, 0.3) is 0 Å². The number of benzene rings is 1. The van der Waals surface area contributed by atoms with E-state index < -0.39 is 0 Å². The molecule has 3 aliphatic rings. The number of hydrogen-bond acceptors (Lipinski definition) is 9. The fraction of sp³-hybridized carbons (Fsp3) is 0.562. The zero-order chi connectivity index (χ0) is 28.7. The Bertz CT molecular complexity index is 1350. The number of ether oxygens (including phenoxy) is 2. The fourth-order valence-corrected chi connectivity index (χ4v) is 6.31. The molecule has 2 N–H and O–H groups in total. The van der Waals surface area contributed by atoms with Gasteiger partial charge in [0.05, 0.1) is 24.9 Å². The molecule has 0 unspecified atom stereocenters. The zero-order valence-corrected chi connectivity index (χ0v) is 24.7. The number of aryl methyl sites for hydroxylation is 1. The number of anilines is 3. The molecule has 42 heavy (non-hydrogen) atoms. The molecule has 1 aliphatic carbocycles. The Morgan fingerprint density at radius 3 is 2.62 bits per heavy atom. The van der Waals surface area contributed by atoms with Crippen molar-refractivity contribution < 1.29 is 14.3 Å². The Hall–Kier alpha value is -3.50. The van der Waals surface area contributed by atoms with Crippen molar-refractivity contribution >= 4 is 34.1 Å². The van der Waals surface area contributed by atoms with E-state index in [0.29, 0.717) is 11.8 Å². The SMILES string of the molecule is Cc1cc(Nc2ncnc3cnc(NCCN4CCOCC4)cc23)ccc1OC1CCN(C(=O)CC2CCCC2)CC1. The molecule has 2 aliphatic heterocycles. The summed E-state index contributed by atoms with van der Waals surface area (Å²) in [5.41, 5.74) is 2.78.